The standard InChI is InChI=1S/C9H6N2O6/c1-5(9(12)13)8-6(10(14)15)3-2-4-7(8)11(16)17/h2-4H,1H2,(H,12,13). The number of nitro groups is 2. The van der Waals surface area contributed by atoms with Crippen LogP contribution in [0, 0.1) is 20.2 Å². The Morgan fingerprint density at radius 2 is 1.59 bits per heavy atom. The van der Waals surface area contributed by atoms with E-state index in [9.17, 15) is 25.0 Å². The Labute approximate surface area is 94.1 Å². The first-order valence-corrected chi connectivity index (χ1v) is 4.20. The smallest absolute Gasteiger partial charge is 0.336 e. The molecule has 0 aliphatic carbocycles. The summed E-state index contributed by atoms with van der Waals surface area (Å²) in [6.45, 7) is 3.10. The lowest BCUT2D eigenvalue weighted by Gasteiger charge is -2.03. The summed E-state index contributed by atoms with van der Waals surface area (Å²) >= 11 is 0. The molecule has 1 aromatic carbocycles. The molecule has 17 heavy (non-hydrogen) atoms. The molecule has 1 rings (SSSR count). The number of carbonyl (C=O) groups is 1. The monoisotopic (exact) mass is 238 g/mol. The molecule has 0 saturated heterocycles. The van der Waals surface area contributed by atoms with Gasteiger partial charge in [0.25, 0.3) is 11.4 Å². The van der Waals surface area contributed by atoms with Crippen molar-refractivity contribution in [3.8, 4) is 0 Å². The van der Waals surface area contributed by atoms with Crippen molar-refractivity contribution in [2.75, 3.05) is 0 Å². The maximum Gasteiger partial charge on any atom is 0.336 e. The van der Waals surface area contributed by atoms with Crippen molar-refractivity contribution in [3.63, 3.8) is 0 Å². The predicted octanol–water partition coefficient (Wildman–Crippen LogP) is 1.60. The number of nitrogens with zero attached hydrogens (tertiary/aromatic N) is 2. The summed E-state index contributed by atoms with van der Waals surface area (Å²) in [7, 11) is 0. The van der Waals surface area contributed by atoms with Crippen molar-refractivity contribution in [2.45, 2.75) is 0 Å². The molecule has 0 fully saturated rings. The Kier molecular flexibility index (Phi) is 3.18. The van der Waals surface area contributed by atoms with Gasteiger partial charge < -0.3 is 5.11 Å². The summed E-state index contributed by atoms with van der Waals surface area (Å²) in [6.07, 6.45) is 0. The minimum absolute atomic E-state index is 0.588. The number of hydrogen-bond acceptors (Lipinski definition) is 5. The van der Waals surface area contributed by atoms with E-state index in [0.717, 1.165) is 18.2 Å². The zero-order valence-electron chi connectivity index (χ0n) is 8.32. The van der Waals surface area contributed by atoms with Gasteiger partial charge in [-0.3, -0.25) is 20.2 Å². The minimum Gasteiger partial charge on any atom is -0.478 e. The van der Waals surface area contributed by atoms with E-state index in [2.05, 4.69) is 6.58 Å². The highest BCUT2D eigenvalue weighted by molar-refractivity contribution is 6.17. The fourth-order valence-electron chi connectivity index (χ4n) is 1.25. The van der Waals surface area contributed by atoms with E-state index in [1.54, 1.807) is 0 Å². The average molecular weight is 238 g/mol. The molecule has 0 aliphatic heterocycles. The maximum absolute atomic E-state index is 10.7. The third kappa shape index (κ3) is 2.25. The Bertz CT molecular complexity index is 504. The highest BCUT2D eigenvalue weighted by Gasteiger charge is 2.29. The number of aliphatic carboxylic acids is 1. The van der Waals surface area contributed by atoms with Crippen molar-refractivity contribution in [1.82, 2.24) is 0 Å². The molecule has 88 valence electrons. The Morgan fingerprint density at radius 1 is 1.18 bits per heavy atom. The van der Waals surface area contributed by atoms with Gasteiger partial charge in [-0.15, -0.1) is 0 Å². The van der Waals surface area contributed by atoms with Gasteiger partial charge in [0, 0.05) is 12.1 Å². The van der Waals surface area contributed by atoms with Crippen molar-refractivity contribution in [3.05, 3.63) is 50.6 Å². The van der Waals surface area contributed by atoms with Gasteiger partial charge in [0.15, 0.2) is 0 Å². The number of rotatable bonds is 4. The van der Waals surface area contributed by atoms with Crippen LogP contribution in [0.5, 0.6) is 0 Å². The average Bonchev–Trinajstić information content (AvgIpc) is 2.26. The first-order chi connectivity index (χ1) is 7.86. The lowest BCUT2D eigenvalue weighted by molar-refractivity contribution is -0.394. The number of carboxylic acid groups (broad SMARTS) is 1. The summed E-state index contributed by atoms with van der Waals surface area (Å²) in [5, 5.41) is 30.0. The van der Waals surface area contributed by atoms with Gasteiger partial charge in [0.1, 0.15) is 5.56 Å². The van der Waals surface area contributed by atoms with Gasteiger partial charge in [-0.25, -0.2) is 4.79 Å². The number of nitro benzene ring substituents is 2. The van der Waals surface area contributed by atoms with E-state index >= 15 is 0 Å². The molecule has 0 amide bonds. The number of carboxylic acids is 1. The molecule has 0 heterocycles. The molecule has 0 atom stereocenters. The van der Waals surface area contributed by atoms with Gasteiger partial charge in [0.2, 0.25) is 0 Å². The second kappa shape index (κ2) is 4.39. The summed E-state index contributed by atoms with van der Waals surface area (Å²) < 4.78 is 0. The highest BCUT2D eigenvalue weighted by Crippen LogP contribution is 2.33. The van der Waals surface area contributed by atoms with Gasteiger partial charge >= 0.3 is 5.97 Å². The van der Waals surface area contributed by atoms with E-state index < -0.39 is 38.3 Å². The van der Waals surface area contributed by atoms with Crippen LogP contribution < -0.4 is 0 Å². The third-order valence-electron chi connectivity index (χ3n) is 1.97. The molecule has 0 saturated carbocycles. The SMILES string of the molecule is C=C(C(=O)O)c1c([N+](=O)[O-])cccc1[N+](=O)[O-]. The Hall–Kier alpha value is -2.77. The van der Waals surface area contributed by atoms with Crippen LogP contribution in [0.15, 0.2) is 24.8 Å². The Balaban J connectivity index is 3.61. The van der Waals surface area contributed by atoms with E-state index in [-0.39, 0.29) is 0 Å². The molecule has 1 aromatic rings. The normalized spacial score (nSPS) is 9.65. The first-order valence-electron chi connectivity index (χ1n) is 4.20. The van der Waals surface area contributed by atoms with E-state index in [0.29, 0.717) is 0 Å². The predicted molar refractivity (Wildman–Crippen MR) is 56.4 cm³/mol. The summed E-state index contributed by atoms with van der Waals surface area (Å²) in [6, 6.07) is 3.07. The van der Waals surface area contributed by atoms with Crippen LogP contribution in [0.4, 0.5) is 11.4 Å². The summed E-state index contributed by atoms with van der Waals surface area (Å²) in [4.78, 5) is 30.3. The van der Waals surface area contributed by atoms with Crippen LogP contribution in [0.2, 0.25) is 0 Å². The second-order valence-corrected chi connectivity index (χ2v) is 2.97. The zero-order chi connectivity index (χ0) is 13.2. The van der Waals surface area contributed by atoms with Crippen LogP contribution >= 0.6 is 0 Å². The molecule has 0 bridgehead atoms. The van der Waals surface area contributed by atoms with Gasteiger partial charge in [-0.1, -0.05) is 6.58 Å². The number of hydrogen-bond donors (Lipinski definition) is 1. The van der Waals surface area contributed by atoms with Crippen LogP contribution in [0.25, 0.3) is 5.57 Å². The molecule has 8 nitrogen and oxygen atoms in total. The maximum atomic E-state index is 10.7. The van der Waals surface area contributed by atoms with E-state index in [1.807, 2.05) is 0 Å². The molecular formula is C9H6N2O6. The quantitative estimate of drug-likeness (QED) is 0.482. The molecule has 0 aromatic heterocycles. The van der Waals surface area contributed by atoms with E-state index in [4.69, 9.17) is 5.11 Å². The second-order valence-electron chi connectivity index (χ2n) is 2.97. The van der Waals surface area contributed by atoms with Crippen molar-refractivity contribution >= 4 is 22.9 Å². The van der Waals surface area contributed by atoms with Gasteiger partial charge in [-0.05, 0) is 6.07 Å². The molecule has 1 N–H and O–H groups in total. The molecule has 0 aliphatic rings. The molecule has 0 spiro atoms. The van der Waals surface area contributed by atoms with Crippen LogP contribution in [0.1, 0.15) is 5.56 Å². The summed E-state index contributed by atoms with van der Waals surface area (Å²) in [5.74, 6) is -1.55. The molecule has 0 radical (unpaired) electrons. The Morgan fingerprint density at radius 3 is 1.88 bits per heavy atom. The molecule has 0 unspecified atom stereocenters. The van der Waals surface area contributed by atoms with Gasteiger partial charge in [0.05, 0.1) is 15.4 Å². The van der Waals surface area contributed by atoms with Crippen molar-refractivity contribution in [2.24, 2.45) is 0 Å². The lowest BCUT2D eigenvalue weighted by atomic mass is 10.0. The number of benzene rings is 1. The lowest BCUT2D eigenvalue weighted by Crippen LogP contribution is -2.05. The van der Waals surface area contributed by atoms with Crippen LogP contribution in [0.3, 0.4) is 0 Å². The van der Waals surface area contributed by atoms with E-state index in [1.165, 1.54) is 0 Å². The van der Waals surface area contributed by atoms with Crippen molar-refractivity contribution < 1.29 is 19.7 Å². The highest BCUT2D eigenvalue weighted by atomic mass is 16.6. The van der Waals surface area contributed by atoms with Crippen LogP contribution in [-0.2, 0) is 4.79 Å². The minimum atomic E-state index is -1.55. The topological polar surface area (TPSA) is 124 Å². The fraction of sp³-hybridized carbons (Fsp3) is 0. The zero-order valence-corrected chi connectivity index (χ0v) is 8.32. The molecule has 8 heteroatoms. The van der Waals surface area contributed by atoms with Crippen molar-refractivity contribution in [1.29, 1.82) is 0 Å². The molecular weight excluding hydrogens is 232 g/mol. The largest absolute Gasteiger partial charge is 0.478 e. The first kappa shape index (κ1) is 12.3. The van der Waals surface area contributed by atoms with Gasteiger partial charge in [-0.2, -0.15) is 0 Å². The third-order valence-corrected chi connectivity index (χ3v) is 1.97. The summed E-state index contributed by atoms with van der Waals surface area (Å²) in [5.41, 5.74) is -2.60. The van der Waals surface area contributed by atoms with Crippen LogP contribution in [-0.4, -0.2) is 20.9 Å². The fourth-order valence-corrected chi connectivity index (χ4v) is 1.25.